The Bertz CT molecular complexity index is 484. The van der Waals surface area contributed by atoms with Crippen molar-refractivity contribution >= 4 is 18.3 Å². The SMILES string of the molecule is [N-]=[N+]=NCc1cc(B(O)O)cc(N2CCNCC2)c1. The van der Waals surface area contributed by atoms with E-state index in [4.69, 9.17) is 5.53 Å². The lowest BCUT2D eigenvalue weighted by Crippen LogP contribution is -2.44. The predicted molar refractivity (Wildman–Crippen MR) is 74.2 cm³/mol. The highest BCUT2D eigenvalue weighted by Crippen LogP contribution is 2.16. The highest BCUT2D eigenvalue weighted by atomic mass is 16.4. The van der Waals surface area contributed by atoms with Crippen LogP contribution >= 0.6 is 0 Å². The maximum absolute atomic E-state index is 9.32. The van der Waals surface area contributed by atoms with Gasteiger partial charge in [0.25, 0.3) is 0 Å². The molecule has 0 aliphatic carbocycles. The maximum Gasteiger partial charge on any atom is 0.488 e. The molecule has 7 nitrogen and oxygen atoms in total. The quantitative estimate of drug-likeness (QED) is 0.296. The van der Waals surface area contributed by atoms with E-state index < -0.39 is 7.12 Å². The van der Waals surface area contributed by atoms with Gasteiger partial charge in [-0.1, -0.05) is 11.2 Å². The van der Waals surface area contributed by atoms with E-state index >= 15 is 0 Å². The van der Waals surface area contributed by atoms with Crippen LogP contribution in [0.2, 0.25) is 0 Å². The summed E-state index contributed by atoms with van der Waals surface area (Å²) in [5.74, 6) is 0. The van der Waals surface area contributed by atoms with Crippen LogP contribution in [-0.2, 0) is 6.54 Å². The first-order valence-electron chi connectivity index (χ1n) is 6.17. The van der Waals surface area contributed by atoms with Gasteiger partial charge in [0.2, 0.25) is 0 Å². The van der Waals surface area contributed by atoms with Crippen LogP contribution in [0.5, 0.6) is 0 Å². The lowest BCUT2D eigenvalue weighted by atomic mass is 9.79. The van der Waals surface area contributed by atoms with E-state index in [9.17, 15) is 10.0 Å². The molecule has 1 fully saturated rings. The fourth-order valence-electron chi connectivity index (χ4n) is 2.16. The fraction of sp³-hybridized carbons (Fsp3) is 0.455. The van der Waals surface area contributed by atoms with Crippen molar-refractivity contribution in [1.29, 1.82) is 0 Å². The first-order valence-corrected chi connectivity index (χ1v) is 6.17. The monoisotopic (exact) mass is 261 g/mol. The van der Waals surface area contributed by atoms with Gasteiger partial charge in [0.15, 0.2) is 0 Å². The van der Waals surface area contributed by atoms with E-state index in [2.05, 4.69) is 20.2 Å². The minimum absolute atomic E-state index is 0.205. The van der Waals surface area contributed by atoms with Gasteiger partial charge in [0.05, 0.1) is 6.54 Å². The number of hydrogen-bond donors (Lipinski definition) is 3. The van der Waals surface area contributed by atoms with Crippen LogP contribution in [0.1, 0.15) is 5.56 Å². The Morgan fingerprint density at radius 2 is 2.05 bits per heavy atom. The molecule has 2 rings (SSSR count). The van der Waals surface area contributed by atoms with Crippen molar-refractivity contribution in [2.45, 2.75) is 6.54 Å². The molecule has 1 aliphatic rings. The van der Waals surface area contributed by atoms with E-state index in [1.807, 2.05) is 6.07 Å². The average molecular weight is 261 g/mol. The summed E-state index contributed by atoms with van der Waals surface area (Å²) in [7, 11) is -1.52. The largest absolute Gasteiger partial charge is 0.488 e. The van der Waals surface area contributed by atoms with Crippen LogP contribution in [-0.4, -0.2) is 43.3 Å². The normalized spacial score (nSPS) is 14.9. The lowest BCUT2D eigenvalue weighted by Gasteiger charge is -2.30. The van der Waals surface area contributed by atoms with Crippen LogP contribution in [0.25, 0.3) is 10.4 Å². The molecule has 0 unspecified atom stereocenters. The van der Waals surface area contributed by atoms with Crippen molar-refractivity contribution in [3.05, 3.63) is 34.2 Å². The van der Waals surface area contributed by atoms with E-state index in [1.54, 1.807) is 12.1 Å². The van der Waals surface area contributed by atoms with E-state index in [0.717, 1.165) is 37.4 Å². The Morgan fingerprint density at radius 3 is 2.68 bits per heavy atom. The number of azide groups is 1. The summed E-state index contributed by atoms with van der Waals surface area (Å²) in [4.78, 5) is 4.89. The number of hydrogen-bond acceptors (Lipinski definition) is 5. The highest BCUT2D eigenvalue weighted by molar-refractivity contribution is 6.58. The van der Waals surface area contributed by atoms with Crippen molar-refractivity contribution in [1.82, 2.24) is 5.32 Å². The summed E-state index contributed by atoms with van der Waals surface area (Å²) in [6.45, 7) is 3.74. The molecule has 0 bridgehead atoms. The van der Waals surface area contributed by atoms with Crippen LogP contribution in [0.3, 0.4) is 0 Å². The molecule has 0 aromatic heterocycles. The number of nitrogens with zero attached hydrogens (tertiary/aromatic N) is 4. The first kappa shape index (κ1) is 13.7. The van der Waals surface area contributed by atoms with Crippen molar-refractivity contribution in [3.8, 4) is 0 Å². The molecule has 1 aromatic carbocycles. The molecule has 19 heavy (non-hydrogen) atoms. The van der Waals surface area contributed by atoms with Gasteiger partial charge < -0.3 is 20.3 Å². The van der Waals surface area contributed by atoms with E-state index in [0.29, 0.717) is 5.46 Å². The summed E-state index contributed by atoms with van der Waals surface area (Å²) in [5, 5.41) is 25.4. The van der Waals surface area contributed by atoms with Gasteiger partial charge in [0, 0.05) is 36.8 Å². The third-order valence-corrected chi connectivity index (χ3v) is 3.10. The molecule has 100 valence electrons. The van der Waals surface area contributed by atoms with Crippen LogP contribution in [0.15, 0.2) is 23.3 Å². The molecule has 0 amide bonds. The Morgan fingerprint density at radius 1 is 1.32 bits per heavy atom. The minimum atomic E-state index is -1.52. The molecule has 0 radical (unpaired) electrons. The van der Waals surface area contributed by atoms with Crippen molar-refractivity contribution < 1.29 is 10.0 Å². The van der Waals surface area contributed by atoms with Gasteiger partial charge in [-0.3, -0.25) is 0 Å². The Labute approximate surface area is 111 Å². The summed E-state index contributed by atoms with van der Waals surface area (Å²) in [6, 6.07) is 5.33. The van der Waals surface area contributed by atoms with Gasteiger partial charge >= 0.3 is 7.12 Å². The fourth-order valence-corrected chi connectivity index (χ4v) is 2.16. The highest BCUT2D eigenvalue weighted by Gasteiger charge is 2.16. The Balaban J connectivity index is 2.29. The maximum atomic E-state index is 9.32. The molecule has 0 atom stereocenters. The molecule has 8 heteroatoms. The molecule has 1 aliphatic heterocycles. The third-order valence-electron chi connectivity index (χ3n) is 3.10. The van der Waals surface area contributed by atoms with Gasteiger partial charge in [-0.25, -0.2) is 0 Å². The summed E-state index contributed by atoms with van der Waals surface area (Å²) < 4.78 is 0. The molecular weight excluding hydrogens is 245 g/mol. The topological polar surface area (TPSA) is 104 Å². The van der Waals surface area contributed by atoms with Crippen LogP contribution < -0.4 is 15.7 Å². The molecule has 0 saturated carbocycles. The van der Waals surface area contributed by atoms with Crippen LogP contribution in [0, 0.1) is 0 Å². The van der Waals surface area contributed by atoms with Crippen molar-refractivity contribution in [2.75, 3.05) is 31.1 Å². The van der Waals surface area contributed by atoms with Crippen LogP contribution in [0.4, 0.5) is 5.69 Å². The smallest absolute Gasteiger partial charge is 0.423 e. The molecule has 3 N–H and O–H groups in total. The summed E-state index contributed by atoms with van der Waals surface area (Å²) >= 11 is 0. The zero-order valence-corrected chi connectivity index (χ0v) is 10.5. The average Bonchev–Trinajstić information content (AvgIpc) is 2.45. The second-order valence-corrected chi connectivity index (χ2v) is 4.43. The standard InChI is InChI=1S/C11H16BN5O2/c13-16-15-8-9-5-10(12(18)19)7-11(6-9)17-3-1-14-2-4-17/h5-7,14,18-19H,1-4,8H2. The zero-order chi connectivity index (χ0) is 13.7. The lowest BCUT2D eigenvalue weighted by molar-refractivity contribution is 0.425. The zero-order valence-electron chi connectivity index (χ0n) is 10.5. The number of benzene rings is 1. The van der Waals surface area contributed by atoms with Gasteiger partial charge in [-0.2, -0.15) is 0 Å². The first-order chi connectivity index (χ1) is 9.20. The Hall–Kier alpha value is -1.73. The second-order valence-electron chi connectivity index (χ2n) is 4.43. The van der Waals surface area contributed by atoms with Crippen molar-refractivity contribution in [3.63, 3.8) is 0 Å². The molecular formula is C11H16BN5O2. The van der Waals surface area contributed by atoms with Gasteiger partial charge in [0.1, 0.15) is 0 Å². The summed E-state index contributed by atoms with van der Waals surface area (Å²) in [6.07, 6.45) is 0. The predicted octanol–water partition coefficient (Wildman–Crippen LogP) is -0.414. The number of piperazine rings is 1. The van der Waals surface area contributed by atoms with Crippen molar-refractivity contribution in [2.24, 2.45) is 5.11 Å². The third kappa shape index (κ3) is 3.62. The molecule has 1 saturated heterocycles. The second kappa shape index (κ2) is 6.44. The minimum Gasteiger partial charge on any atom is -0.423 e. The Kier molecular flexibility index (Phi) is 4.65. The van der Waals surface area contributed by atoms with E-state index in [1.165, 1.54) is 0 Å². The molecule has 1 aromatic rings. The number of anilines is 1. The van der Waals surface area contributed by atoms with Gasteiger partial charge in [-0.15, -0.1) is 0 Å². The molecule has 0 spiro atoms. The number of rotatable bonds is 4. The number of nitrogens with one attached hydrogen (secondary N) is 1. The summed E-state index contributed by atoms with van der Waals surface area (Å²) in [5.41, 5.74) is 10.5. The molecule has 1 heterocycles. The van der Waals surface area contributed by atoms with E-state index in [-0.39, 0.29) is 6.54 Å². The van der Waals surface area contributed by atoms with Gasteiger partial charge in [-0.05, 0) is 28.7 Å².